The summed E-state index contributed by atoms with van der Waals surface area (Å²) in [5.41, 5.74) is 1.90. The highest BCUT2D eigenvalue weighted by molar-refractivity contribution is 7.89. The predicted molar refractivity (Wildman–Crippen MR) is 131 cm³/mol. The van der Waals surface area contributed by atoms with Crippen LogP contribution in [0, 0.1) is 12.8 Å². The molecule has 2 heterocycles. The Hall–Kier alpha value is -3.11. The molecule has 2 aliphatic rings. The second-order valence-electron chi connectivity index (χ2n) is 9.18. The van der Waals surface area contributed by atoms with Gasteiger partial charge in [-0.15, -0.1) is 0 Å². The lowest BCUT2D eigenvalue weighted by Crippen LogP contribution is -2.45. The Morgan fingerprint density at radius 3 is 2.71 bits per heavy atom. The van der Waals surface area contributed by atoms with E-state index in [4.69, 9.17) is 9.47 Å². The van der Waals surface area contributed by atoms with Crippen molar-refractivity contribution in [3.8, 4) is 11.5 Å². The van der Waals surface area contributed by atoms with Crippen molar-refractivity contribution in [1.29, 1.82) is 0 Å². The number of sulfonamides is 1. The molecule has 2 aromatic rings. The molecule has 10 heteroatoms. The number of ether oxygens (including phenoxy) is 2. The molecule has 0 unspecified atom stereocenters. The average Bonchev–Trinajstić information content (AvgIpc) is 2.82. The summed E-state index contributed by atoms with van der Waals surface area (Å²) in [5.74, 6) is 0.215. The Morgan fingerprint density at radius 2 is 2.00 bits per heavy atom. The first-order valence-corrected chi connectivity index (χ1v) is 13.2. The van der Waals surface area contributed by atoms with Crippen molar-refractivity contribution in [2.75, 3.05) is 25.0 Å². The lowest BCUT2D eigenvalue weighted by atomic mass is 9.99. The van der Waals surface area contributed by atoms with Crippen LogP contribution in [-0.2, 0) is 26.2 Å². The van der Waals surface area contributed by atoms with Crippen LogP contribution in [0.1, 0.15) is 37.8 Å². The zero-order valence-corrected chi connectivity index (χ0v) is 21.0. The van der Waals surface area contributed by atoms with Gasteiger partial charge in [-0.25, -0.2) is 8.42 Å². The van der Waals surface area contributed by atoms with Crippen LogP contribution in [0.3, 0.4) is 0 Å². The maximum absolute atomic E-state index is 13.5. The second kappa shape index (κ2) is 10.2. The summed E-state index contributed by atoms with van der Waals surface area (Å²) in [6, 6.07) is 10.6. The summed E-state index contributed by atoms with van der Waals surface area (Å²) in [4.78, 5) is 24.5. The smallest absolute Gasteiger partial charge is 0.262 e. The largest absolute Gasteiger partial charge is 0.491 e. The SMILES string of the molecule is Cc1cc2c(cc1S(=O)(=O)N1CCC[C@@H](C(=O)NCc3ccc(OC(C)C)cc3)C1)OCC(=O)N2. The lowest BCUT2D eigenvalue weighted by Gasteiger charge is -2.32. The van der Waals surface area contributed by atoms with Crippen molar-refractivity contribution < 1.29 is 27.5 Å². The van der Waals surface area contributed by atoms with Crippen molar-refractivity contribution >= 4 is 27.5 Å². The molecule has 4 rings (SSSR count). The Morgan fingerprint density at radius 1 is 1.26 bits per heavy atom. The van der Waals surface area contributed by atoms with Gasteiger partial charge in [0, 0.05) is 25.7 Å². The zero-order valence-electron chi connectivity index (χ0n) is 20.2. The summed E-state index contributed by atoms with van der Waals surface area (Å²) >= 11 is 0. The maximum atomic E-state index is 13.5. The van der Waals surface area contributed by atoms with Crippen LogP contribution in [0.2, 0.25) is 0 Å². The van der Waals surface area contributed by atoms with Gasteiger partial charge >= 0.3 is 0 Å². The summed E-state index contributed by atoms with van der Waals surface area (Å²) in [6.07, 6.45) is 1.30. The van der Waals surface area contributed by atoms with E-state index in [1.165, 1.54) is 10.4 Å². The first kappa shape index (κ1) is 25.0. The van der Waals surface area contributed by atoms with E-state index in [-0.39, 0.29) is 36.0 Å². The van der Waals surface area contributed by atoms with E-state index in [2.05, 4.69) is 10.6 Å². The Balaban J connectivity index is 1.41. The van der Waals surface area contributed by atoms with Gasteiger partial charge in [-0.2, -0.15) is 4.31 Å². The first-order valence-electron chi connectivity index (χ1n) is 11.7. The van der Waals surface area contributed by atoms with E-state index in [0.29, 0.717) is 42.9 Å². The van der Waals surface area contributed by atoms with Gasteiger partial charge in [0.1, 0.15) is 11.5 Å². The van der Waals surface area contributed by atoms with Crippen molar-refractivity contribution in [1.82, 2.24) is 9.62 Å². The summed E-state index contributed by atoms with van der Waals surface area (Å²) in [6.45, 7) is 6.26. The summed E-state index contributed by atoms with van der Waals surface area (Å²) in [7, 11) is -3.84. The molecule has 2 amide bonds. The number of anilines is 1. The molecule has 9 nitrogen and oxygen atoms in total. The third-order valence-corrected chi connectivity index (χ3v) is 8.05. The highest BCUT2D eigenvalue weighted by atomic mass is 32.2. The molecular formula is C25H31N3O6S. The van der Waals surface area contributed by atoms with Crippen molar-refractivity contribution in [3.63, 3.8) is 0 Å². The number of amides is 2. The van der Waals surface area contributed by atoms with Gasteiger partial charge in [0.05, 0.1) is 22.6 Å². The summed E-state index contributed by atoms with van der Waals surface area (Å²) in [5, 5.41) is 5.62. The van der Waals surface area contributed by atoms with Gasteiger partial charge in [-0.1, -0.05) is 12.1 Å². The monoisotopic (exact) mass is 501 g/mol. The normalized spacial score (nSPS) is 18.4. The van der Waals surface area contributed by atoms with E-state index >= 15 is 0 Å². The average molecular weight is 502 g/mol. The fourth-order valence-corrected chi connectivity index (χ4v) is 6.04. The van der Waals surface area contributed by atoms with Crippen LogP contribution in [0.15, 0.2) is 41.3 Å². The van der Waals surface area contributed by atoms with Gasteiger partial charge < -0.3 is 20.1 Å². The van der Waals surface area contributed by atoms with Crippen LogP contribution in [0.5, 0.6) is 11.5 Å². The van der Waals surface area contributed by atoms with Gasteiger partial charge in [0.15, 0.2) is 6.61 Å². The highest BCUT2D eigenvalue weighted by Crippen LogP contribution is 2.35. The van der Waals surface area contributed by atoms with Crippen molar-refractivity contribution in [2.24, 2.45) is 5.92 Å². The predicted octanol–water partition coefficient (Wildman–Crippen LogP) is 2.83. The summed E-state index contributed by atoms with van der Waals surface area (Å²) < 4.78 is 39.3. The third kappa shape index (κ3) is 5.76. The quantitative estimate of drug-likeness (QED) is 0.603. The Labute approximate surface area is 205 Å². The molecule has 2 N–H and O–H groups in total. The molecule has 0 aliphatic carbocycles. The van der Waals surface area contributed by atoms with E-state index in [0.717, 1.165) is 11.3 Å². The Kier molecular flexibility index (Phi) is 7.32. The number of carbonyl (C=O) groups is 2. The fourth-order valence-electron chi connectivity index (χ4n) is 4.30. The number of benzene rings is 2. The van der Waals surface area contributed by atoms with E-state index in [1.807, 2.05) is 38.1 Å². The van der Waals surface area contributed by atoms with Crippen LogP contribution in [0.4, 0.5) is 5.69 Å². The lowest BCUT2D eigenvalue weighted by molar-refractivity contribution is -0.126. The molecule has 188 valence electrons. The molecular weight excluding hydrogens is 470 g/mol. The number of hydrogen-bond donors (Lipinski definition) is 2. The van der Waals surface area contributed by atoms with Crippen molar-refractivity contribution in [2.45, 2.75) is 51.2 Å². The highest BCUT2D eigenvalue weighted by Gasteiger charge is 2.35. The van der Waals surface area contributed by atoms with Crippen LogP contribution >= 0.6 is 0 Å². The zero-order chi connectivity index (χ0) is 25.2. The molecule has 0 spiro atoms. The van der Waals surface area contributed by atoms with Gasteiger partial charge in [0.25, 0.3) is 5.91 Å². The molecule has 35 heavy (non-hydrogen) atoms. The number of aryl methyl sites for hydroxylation is 1. The number of nitrogens with zero attached hydrogens (tertiary/aromatic N) is 1. The van der Waals surface area contributed by atoms with Gasteiger partial charge in [-0.3, -0.25) is 9.59 Å². The molecule has 1 fully saturated rings. The topological polar surface area (TPSA) is 114 Å². The van der Waals surface area contributed by atoms with Crippen LogP contribution < -0.4 is 20.1 Å². The fraction of sp³-hybridized carbons (Fsp3) is 0.440. The first-order chi connectivity index (χ1) is 16.6. The molecule has 2 aromatic carbocycles. The third-order valence-electron chi connectivity index (χ3n) is 6.04. The number of rotatable bonds is 7. The van der Waals surface area contributed by atoms with E-state index in [9.17, 15) is 18.0 Å². The molecule has 0 bridgehead atoms. The minimum Gasteiger partial charge on any atom is -0.491 e. The molecule has 0 radical (unpaired) electrons. The second-order valence-corrected chi connectivity index (χ2v) is 11.1. The van der Waals surface area contributed by atoms with E-state index in [1.54, 1.807) is 13.0 Å². The number of hydrogen-bond acceptors (Lipinski definition) is 6. The molecule has 2 aliphatic heterocycles. The van der Waals surface area contributed by atoms with E-state index < -0.39 is 15.9 Å². The minimum absolute atomic E-state index is 0.0876. The molecule has 1 saturated heterocycles. The number of piperidine rings is 1. The maximum Gasteiger partial charge on any atom is 0.262 e. The van der Waals surface area contributed by atoms with Crippen LogP contribution in [0.25, 0.3) is 0 Å². The number of carbonyl (C=O) groups excluding carboxylic acids is 2. The van der Waals surface area contributed by atoms with Crippen LogP contribution in [-0.4, -0.2) is 50.3 Å². The molecule has 1 atom stereocenters. The standard InChI is InChI=1S/C25H31N3O6S/c1-16(2)34-20-8-6-18(7-9-20)13-26-25(30)19-5-4-10-28(14-19)35(31,32)23-12-22-21(11-17(23)3)27-24(29)15-33-22/h6-9,11-12,16,19H,4-5,10,13-15H2,1-3H3,(H,26,30)(H,27,29)/t19-/m1/s1. The number of nitrogens with one attached hydrogen (secondary N) is 2. The van der Waals surface area contributed by atoms with Crippen molar-refractivity contribution in [3.05, 3.63) is 47.5 Å². The van der Waals surface area contributed by atoms with Gasteiger partial charge in [-0.05, 0) is 62.9 Å². The molecule has 0 aromatic heterocycles. The molecule has 0 saturated carbocycles. The Bertz CT molecular complexity index is 1210. The van der Waals surface area contributed by atoms with Gasteiger partial charge in [0.2, 0.25) is 15.9 Å². The minimum atomic E-state index is -3.84. The number of fused-ring (bicyclic) bond motifs is 1.